The minimum atomic E-state index is -0.570. The van der Waals surface area contributed by atoms with Gasteiger partial charge in [0.25, 0.3) is 0 Å². The Morgan fingerprint density at radius 1 is 1.23 bits per heavy atom. The summed E-state index contributed by atoms with van der Waals surface area (Å²) < 4.78 is 12.0. The smallest absolute Gasteiger partial charge is 0.412 e. The first-order chi connectivity index (χ1) is 12.3. The number of nitrogens with zero attached hydrogens (tertiary/aromatic N) is 3. The molecule has 7 nitrogen and oxygen atoms in total. The summed E-state index contributed by atoms with van der Waals surface area (Å²) in [7, 11) is 1.54. The number of nitrogens with one attached hydrogen (secondary N) is 1. The van der Waals surface area contributed by atoms with Crippen LogP contribution in [0.4, 0.5) is 10.5 Å². The molecule has 0 spiro atoms. The van der Waals surface area contributed by atoms with Gasteiger partial charge < -0.3 is 9.47 Å². The summed E-state index contributed by atoms with van der Waals surface area (Å²) in [5, 5.41) is 8.42. The van der Waals surface area contributed by atoms with E-state index in [1.54, 1.807) is 69.1 Å². The lowest BCUT2D eigenvalue weighted by Gasteiger charge is -2.19. The molecule has 0 unspecified atom stereocenters. The van der Waals surface area contributed by atoms with Crippen molar-refractivity contribution in [3.05, 3.63) is 41.7 Å². The molecule has 3 rings (SSSR count). The number of amides is 1. The second-order valence-electron chi connectivity index (χ2n) is 6.62. The van der Waals surface area contributed by atoms with E-state index in [4.69, 9.17) is 21.1 Å². The predicted molar refractivity (Wildman–Crippen MR) is 100 cm³/mol. The van der Waals surface area contributed by atoms with Crippen LogP contribution >= 0.6 is 11.6 Å². The lowest BCUT2D eigenvalue weighted by Crippen LogP contribution is -2.27. The van der Waals surface area contributed by atoms with E-state index in [2.05, 4.69) is 15.4 Å². The van der Waals surface area contributed by atoms with Crippen LogP contribution in [0.25, 0.3) is 16.6 Å². The van der Waals surface area contributed by atoms with Gasteiger partial charge in [-0.25, -0.2) is 14.5 Å². The van der Waals surface area contributed by atoms with Crippen molar-refractivity contribution in [1.29, 1.82) is 0 Å². The first kappa shape index (κ1) is 18.0. The summed E-state index contributed by atoms with van der Waals surface area (Å²) in [6.45, 7) is 5.42. The molecule has 136 valence electrons. The zero-order valence-corrected chi connectivity index (χ0v) is 15.7. The number of carbonyl (C=O) groups excluding carboxylic acids is 1. The molecule has 3 aromatic rings. The average Bonchev–Trinajstić information content (AvgIpc) is 2.89. The molecule has 8 heteroatoms. The van der Waals surface area contributed by atoms with Crippen molar-refractivity contribution >= 4 is 34.3 Å². The van der Waals surface area contributed by atoms with E-state index in [9.17, 15) is 4.79 Å². The van der Waals surface area contributed by atoms with Crippen molar-refractivity contribution in [2.24, 2.45) is 0 Å². The molecule has 0 atom stereocenters. The number of anilines is 1. The second kappa shape index (κ2) is 6.84. The molecule has 26 heavy (non-hydrogen) atoms. The van der Waals surface area contributed by atoms with E-state index in [1.165, 1.54) is 0 Å². The van der Waals surface area contributed by atoms with Gasteiger partial charge in [-0.05, 0) is 45.0 Å². The molecule has 0 saturated heterocycles. The fourth-order valence-corrected chi connectivity index (χ4v) is 2.66. The van der Waals surface area contributed by atoms with Crippen molar-refractivity contribution in [3.63, 3.8) is 0 Å². The molecule has 2 heterocycles. The lowest BCUT2D eigenvalue weighted by molar-refractivity contribution is 0.0636. The molecular formula is C18H19ClN4O3. The number of rotatable bonds is 3. The number of ether oxygens (including phenoxy) is 2. The van der Waals surface area contributed by atoms with E-state index in [0.717, 1.165) is 11.1 Å². The summed E-state index contributed by atoms with van der Waals surface area (Å²) in [5.41, 5.74) is 1.36. The Morgan fingerprint density at radius 2 is 2.00 bits per heavy atom. The Hall–Kier alpha value is -2.80. The van der Waals surface area contributed by atoms with Crippen molar-refractivity contribution in [3.8, 4) is 11.6 Å². The highest BCUT2D eigenvalue weighted by Crippen LogP contribution is 2.29. The fraction of sp³-hybridized carbons (Fsp3) is 0.278. The average molecular weight is 375 g/mol. The summed E-state index contributed by atoms with van der Waals surface area (Å²) in [6, 6.07) is 8.79. The highest BCUT2D eigenvalue weighted by molar-refractivity contribution is 6.34. The number of fused-ring (bicyclic) bond motifs is 1. The first-order valence-electron chi connectivity index (χ1n) is 7.95. The van der Waals surface area contributed by atoms with Gasteiger partial charge in [0.05, 0.1) is 18.3 Å². The van der Waals surface area contributed by atoms with Crippen LogP contribution < -0.4 is 10.1 Å². The van der Waals surface area contributed by atoms with Gasteiger partial charge in [0.2, 0.25) is 5.88 Å². The number of benzene rings is 1. The number of methoxy groups -OCH3 is 1. The summed E-state index contributed by atoms with van der Waals surface area (Å²) in [5.74, 6) is 0.463. The van der Waals surface area contributed by atoms with Crippen LogP contribution in [-0.4, -0.2) is 33.6 Å². The third-order valence-electron chi connectivity index (χ3n) is 3.43. The summed E-state index contributed by atoms with van der Waals surface area (Å²) >= 11 is 6.46. The van der Waals surface area contributed by atoms with E-state index < -0.39 is 11.7 Å². The number of carbonyl (C=O) groups is 1. The molecule has 0 aliphatic heterocycles. The summed E-state index contributed by atoms with van der Waals surface area (Å²) in [6.07, 6.45) is 1.09. The van der Waals surface area contributed by atoms with E-state index in [0.29, 0.717) is 22.2 Å². The number of halogens is 1. The number of pyridine rings is 1. The highest BCUT2D eigenvalue weighted by Gasteiger charge is 2.17. The van der Waals surface area contributed by atoms with Gasteiger partial charge in [-0.15, -0.1) is 0 Å². The normalized spacial score (nSPS) is 11.4. The van der Waals surface area contributed by atoms with Crippen LogP contribution in [0.15, 0.2) is 36.5 Å². The van der Waals surface area contributed by atoms with Crippen LogP contribution in [-0.2, 0) is 4.74 Å². The molecule has 0 radical (unpaired) electrons. The maximum atomic E-state index is 11.9. The van der Waals surface area contributed by atoms with E-state index in [-0.39, 0.29) is 0 Å². The standard InChI is InChI=1S/C18H19ClN4O3/c1-18(2,3)26-17(24)21-11-5-6-13-14(9-11)22-23(16(13)19)12-7-8-20-15(10-12)25-4/h5-10H,1-4H3,(H,21,24). The lowest BCUT2D eigenvalue weighted by atomic mass is 10.2. The molecular weight excluding hydrogens is 356 g/mol. The van der Waals surface area contributed by atoms with Gasteiger partial charge >= 0.3 is 6.09 Å². The SMILES string of the molecule is COc1cc(-n2nc3cc(NC(=O)OC(C)(C)C)ccc3c2Cl)ccn1. The fourth-order valence-electron chi connectivity index (χ4n) is 2.37. The third kappa shape index (κ3) is 3.88. The van der Waals surface area contributed by atoms with Gasteiger partial charge in [0, 0.05) is 23.3 Å². The third-order valence-corrected chi connectivity index (χ3v) is 3.79. The Balaban J connectivity index is 1.92. The molecule has 1 N–H and O–H groups in total. The maximum absolute atomic E-state index is 11.9. The predicted octanol–water partition coefficient (Wildman–Crippen LogP) is 4.43. The van der Waals surface area contributed by atoms with Crippen molar-refractivity contribution in [2.75, 3.05) is 12.4 Å². The molecule has 0 bridgehead atoms. The van der Waals surface area contributed by atoms with Gasteiger partial charge in [-0.3, -0.25) is 5.32 Å². The Morgan fingerprint density at radius 3 is 2.69 bits per heavy atom. The quantitative estimate of drug-likeness (QED) is 0.733. The van der Waals surface area contributed by atoms with Crippen molar-refractivity contribution in [2.45, 2.75) is 26.4 Å². The van der Waals surface area contributed by atoms with Gasteiger partial charge in [0.15, 0.2) is 0 Å². The molecule has 0 saturated carbocycles. The van der Waals surface area contributed by atoms with Crippen LogP contribution in [0, 0.1) is 0 Å². The molecule has 0 aliphatic rings. The Labute approximate surface area is 155 Å². The zero-order valence-electron chi connectivity index (χ0n) is 14.9. The zero-order chi connectivity index (χ0) is 18.9. The Kier molecular flexibility index (Phi) is 4.73. The largest absolute Gasteiger partial charge is 0.481 e. The van der Waals surface area contributed by atoms with Crippen molar-refractivity contribution in [1.82, 2.24) is 14.8 Å². The van der Waals surface area contributed by atoms with Gasteiger partial charge in [-0.1, -0.05) is 11.6 Å². The first-order valence-corrected chi connectivity index (χ1v) is 8.33. The van der Waals surface area contributed by atoms with Crippen LogP contribution in [0.2, 0.25) is 5.15 Å². The second-order valence-corrected chi connectivity index (χ2v) is 6.98. The molecule has 1 amide bonds. The van der Waals surface area contributed by atoms with Crippen molar-refractivity contribution < 1.29 is 14.3 Å². The van der Waals surface area contributed by atoms with Crippen LogP contribution in [0.1, 0.15) is 20.8 Å². The van der Waals surface area contributed by atoms with Crippen LogP contribution in [0.3, 0.4) is 0 Å². The van der Waals surface area contributed by atoms with Crippen LogP contribution in [0.5, 0.6) is 5.88 Å². The maximum Gasteiger partial charge on any atom is 0.412 e. The minimum absolute atomic E-state index is 0.456. The topological polar surface area (TPSA) is 78.3 Å². The van der Waals surface area contributed by atoms with E-state index >= 15 is 0 Å². The number of aromatic nitrogens is 3. The molecule has 1 aromatic carbocycles. The molecule has 2 aromatic heterocycles. The minimum Gasteiger partial charge on any atom is -0.481 e. The summed E-state index contributed by atoms with van der Waals surface area (Å²) in [4.78, 5) is 16.0. The number of hydrogen-bond donors (Lipinski definition) is 1. The number of hydrogen-bond acceptors (Lipinski definition) is 5. The molecule has 0 aliphatic carbocycles. The Bertz CT molecular complexity index is 963. The van der Waals surface area contributed by atoms with E-state index in [1.807, 2.05) is 0 Å². The molecule has 0 fully saturated rings. The monoisotopic (exact) mass is 374 g/mol. The van der Waals surface area contributed by atoms with Gasteiger partial charge in [-0.2, -0.15) is 5.10 Å². The van der Waals surface area contributed by atoms with Gasteiger partial charge in [0.1, 0.15) is 10.8 Å². The highest BCUT2D eigenvalue weighted by atomic mass is 35.5.